The average molecular weight is 448 g/mol. The highest BCUT2D eigenvalue weighted by molar-refractivity contribution is 5.94. The van der Waals surface area contributed by atoms with E-state index in [4.69, 9.17) is 0 Å². The van der Waals surface area contributed by atoms with Crippen molar-refractivity contribution in [3.05, 3.63) is 70.2 Å². The van der Waals surface area contributed by atoms with Gasteiger partial charge in [-0.3, -0.25) is 14.4 Å². The van der Waals surface area contributed by atoms with Crippen LogP contribution in [0.4, 0.5) is 5.69 Å². The van der Waals surface area contributed by atoms with E-state index in [0.717, 1.165) is 12.8 Å². The van der Waals surface area contributed by atoms with Gasteiger partial charge in [-0.2, -0.15) is 0 Å². The standard InChI is InChI=1S/C26H29N3O4/c1-2-6-17-11-12-20-24-23(25(32)27-18-7-4-3-5-8-18)19(15-30)21(14-28(20)26(17)33)29(24)22(31)13-16-9-10-16/h2-8,11-12,16,19,21,23-24,30H,9-10,13-15H2,1H3,(H,27,32)/b6-2-/t19-,21-,23+,24+/m0/s1. The van der Waals surface area contributed by atoms with Crippen LogP contribution in [0.3, 0.4) is 0 Å². The topological polar surface area (TPSA) is 91.6 Å². The van der Waals surface area contributed by atoms with E-state index in [1.807, 2.05) is 49.4 Å². The van der Waals surface area contributed by atoms with Crippen LogP contribution in [-0.2, 0) is 16.1 Å². The lowest BCUT2D eigenvalue weighted by Crippen LogP contribution is -2.49. The van der Waals surface area contributed by atoms with Crippen LogP contribution in [0, 0.1) is 17.8 Å². The van der Waals surface area contributed by atoms with Crippen molar-refractivity contribution in [1.82, 2.24) is 9.47 Å². The predicted molar refractivity (Wildman–Crippen MR) is 125 cm³/mol. The molecule has 2 amide bonds. The number of allylic oxidation sites excluding steroid dienone is 1. The third-order valence-electron chi connectivity index (χ3n) is 7.21. The van der Waals surface area contributed by atoms with E-state index >= 15 is 0 Å². The minimum atomic E-state index is -0.649. The van der Waals surface area contributed by atoms with E-state index in [1.165, 1.54) is 0 Å². The Hall–Kier alpha value is -3.19. The molecule has 0 spiro atoms. The Bertz CT molecular complexity index is 1150. The SMILES string of the molecule is C/C=C\c1ccc2n(c1=O)C[C@H]1[C@H](CO)[C@@H](C(=O)Nc3ccccc3)[C@@H]2N1C(=O)CC1CC1. The lowest BCUT2D eigenvalue weighted by Gasteiger charge is -2.38. The molecule has 1 saturated carbocycles. The minimum Gasteiger partial charge on any atom is -0.396 e. The molecule has 172 valence electrons. The quantitative estimate of drug-likeness (QED) is 0.712. The van der Waals surface area contributed by atoms with E-state index in [-0.39, 0.29) is 30.5 Å². The zero-order valence-electron chi connectivity index (χ0n) is 18.7. The maximum absolute atomic E-state index is 13.5. The summed E-state index contributed by atoms with van der Waals surface area (Å²) in [6, 6.07) is 11.8. The number of fused-ring (bicyclic) bond motifs is 4. The molecule has 1 aromatic heterocycles. The third kappa shape index (κ3) is 3.80. The Morgan fingerprint density at radius 3 is 2.58 bits per heavy atom. The van der Waals surface area contributed by atoms with Crippen LogP contribution >= 0.6 is 0 Å². The molecular weight excluding hydrogens is 418 g/mol. The van der Waals surface area contributed by atoms with Crippen LogP contribution in [0.25, 0.3) is 6.08 Å². The van der Waals surface area contributed by atoms with E-state index < -0.39 is 23.9 Å². The van der Waals surface area contributed by atoms with Crippen molar-refractivity contribution in [3.8, 4) is 0 Å². The number of aliphatic hydroxyl groups is 1. The van der Waals surface area contributed by atoms with Gasteiger partial charge in [0.15, 0.2) is 0 Å². The number of hydrogen-bond acceptors (Lipinski definition) is 4. The maximum Gasteiger partial charge on any atom is 0.258 e. The molecular formula is C26H29N3O4. The van der Waals surface area contributed by atoms with E-state index in [0.29, 0.717) is 29.3 Å². The number of amides is 2. The van der Waals surface area contributed by atoms with Gasteiger partial charge >= 0.3 is 0 Å². The molecule has 0 unspecified atom stereocenters. The van der Waals surface area contributed by atoms with Crippen LogP contribution in [0.5, 0.6) is 0 Å². The Kier molecular flexibility index (Phi) is 5.66. The molecule has 1 aliphatic carbocycles. The Morgan fingerprint density at radius 2 is 1.91 bits per heavy atom. The summed E-state index contributed by atoms with van der Waals surface area (Å²) in [5.74, 6) is -0.926. The molecule has 4 atom stereocenters. The monoisotopic (exact) mass is 447 g/mol. The molecule has 2 aromatic rings. The molecule has 1 aromatic carbocycles. The maximum atomic E-state index is 13.5. The third-order valence-corrected chi connectivity index (χ3v) is 7.21. The number of carbonyl (C=O) groups is 2. The summed E-state index contributed by atoms with van der Waals surface area (Å²) in [5, 5.41) is 13.3. The number of hydrogen-bond donors (Lipinski definition) is 2. The molecule has 2 bridgehead atoms. The van der Waals surface area contributed by atoms with Crippen LogP contribution in [0.2, 0.25) is 0 Å². The number of anilines is 1. The lowest BCUT2D eigenvalue weighted by molar-refractivity contribution is -0.137. The summed E-state index contributed by atoms with van der Waals surface area (Å²) in [4.78, 5) is 41.9. The lowest BCUT2D eigenvalue weighted by atomic mass is 9.86. The van der Waals surface area contributed by atoms with Gasteiger partial charge in [-0.05, 0) is 49.9 Å². The highest BCUT2D eigenvalue weighted by Gasteiger charge is 2.57. The zero-order valence-corrected chi connectivity index (χ0v) is 18.7. The summed E-state index contributed by atoms with van der Waals surface area (Å²) in [5.41, 5.74) is 1.77. The average Bonchev–Trinajstić information content (AvgIpc) is 3.59. The van der Waals surface area contributed by atoms with Gasteiger partial charge in [0.1, 0.15) is 0 Å². The number of aromatic nitrogens is 1. The minimum absolute atomic E-state index is 0.0113. The van der Waals surface area contributed by atoms with Gasteiger partial charge in [-0.25, -0.2) is 0 Å². The molecule has 2 fully saturated rings. The number of benzene rings is 1. The molecule has 3 aliphatic rings. The summed E-state index contributed by atoms with van der Waals surface area (Å²) in [6.45, 7) is 1.91. The Morgan fingerprint density at radius 1 is 1.15 bits per heavy atom. The van der Waals surface area contributed by atoms with Crippen LogP contribution < -0.4 is 10.9 Å². The number of pyridine rings is 1. The first-order valence-electron chi connectivity index (χ1n) is 11.7. The van der Waals surface area contributed by atoms with Crippen LogP contribution in [0.15, 0.2) is 53.3 Å². The molecule has 7 nitrogen and oxygen atoms in total. The Balaban J connectivity index is 1.58. The number of nitrogens with zero attached hydrogens (tertiary/aromatic N) is 2. The van der Waals surface area contributed by atoms with Gasteiger partial charge in [-0.1, -0.05) is 30.4 Å². The summed E-state index contributed by atoms with van der Waals surface area (Å²) < 4.78 is 1.70. The Labute approximate surface area is 192 Å². The van der Waals surface area contributed by atoms with Crippen molar-refractivity contribution >= 4 is 23.6 Å². The summed E-state index contributed by atoms with van der Waals surface area (Å²) in [6.07, 6.45) is 6.15. The van der Waals surface area contributed by atoms with Gasteiger partial charge in [0, 0.05) is 42.4 Å². The first kappa shape index (κ1) is 21.6. The van der Waals surface area contributed by atoms with E-state index in [9.17, 15) is 19.5 Å². The van der Waals surface area contributed by atoms with E-state index in [2.05, 4.69) is 5.32 Å². The fraction of sp³-hybridized carbons (Fsp3) is 0.423. The van der Waals surface area contributed by atoms with Crippen molar-refractivity contribution in [1.29, 1.82) is 0 Å². The second kappa shape index (κ2) is 8.63. The second-order valence-electron chi connectivity index (χ2n) is 9.32. The number of carbonyl (C=O) groups excluding carboxylic acids is 2. The van der Waals surface area contributed by atoms with Gasteiger partial charge in [-0.15, -0.1) is 0 Å². The molecule has 7 heteroatoms. The molecule has 3 heterocycles. The number of aliphatic hydroxyl groups excluding tert-OH is 1. The second-order valence-corrected chi connectivity index (χ2v) is 9.32. The number of para-hydroxylation sites is 1. The molecule has 33 heavy (non-hydrogen) atoms. The van der Waals surface area contributed by atoms with Crippen molar-refractivity contribution in [2.24, 2.45) is 17.8 Å². The highest BCUT2D eigenvalue weighted by atomic mass is 16.3. The van der Waals surface area contributed by atoms with Crippen LogP contribution in [0.1, 0.15) is 43.5 Å². The van der Waals surface area contributed by atoms with Crippen molar-refractivity contribution < 1.29 is 14.7 Å². The molecule has 5 rings (SSSR count). The fourth-order valence-electron chi connectivity index (χ4n) is 5.49. The first-order chi connectivity index (χ1) is 16.0. The first-order valence-corrected chi connectivity index (χ1v) is 11.7. The van der Waals surface area contributed by atoms with Crippen LogP contribution in [-0.4, -0.2) is 39.0 Å². The van der Waals surface area contributed by atoms with Gasteiger partial charge in [0.05, 0.1) is 18.0 Å². The summed E-state index contributed by atoms with van der Waals surface area (Å²) in [7, 11) is 0. The molecule has 1 saturated heterocycles. The number of nitrogens with one attached hydrogen (secondary N) is 1. The number of rotatable bonds is 6. The van der Waals surface area contributed by atoms with Gasteiger partial charge in [0.2, 0.25) is 11.8 Å². The normalized spacial score (nSPS) is 25.8. The smallest absolute Gasteiger partial charge is 0.258 e. The molecule has 2 aliphatic heterocycles. The molecule has 0 radical (unpaired) electrons. The summed E-state index contributed by atoms with van der Waals surface area (Å²) >= 11 is 0. The predicted octanol–water partition coefficient (Wildman–Crippen LogP) is 2.81. The van der Waals surface area contributed by atoms with Gasteiger partial charge in [0.25, 0.3) is 5.56 Å². The highest BCUT2D eigenvalue weighted by Crippen LogP contribution is 2.49. The van der Waals surface area contributed by atoms with E-state index in [1.54, 1.807) is 21.6 Å². The molecule has 2 N–H and O–H groups in total. The zero-order chi connectivity index (χ0) is 23.1. The fourth-order valence-corrected chi connectivity index (χ4v) is 5.49. The van der Waals surface area contributed by atoms with Crippen molar-refractivity contribution in [2.75, 3.05) is 11.9 Å². The van der Waals surface area contributed by atoms with Gasteiger partial charge < -0.3 is 19.9 Å². The van der Waals surface area contributed by atoms with Crippen molar-refractivity contribution in [2.45, 2.75) is 44.8 Å². The largest absolute Gasteiger partial charge is 0.396 e. The van der Waals surface area contributed by atoms with Crippen molar-refractivity contribution in [3.63, 3.8) is 0 Å².